The number of ether oxygens (including phenoxy) is 2. The zero-order chi connectivity index (χ0) is 27.0. The number of alkyl halides is 3. The first-order chi connectivity index (χ1) is 18.3. The van der Waals surface area contributed by atoms with Gasteiger partial charge in [0.2, 0.25) is 0 Å². The quantitative estimate of drug-likeness (QED) is 0.242. The van der Waals surface area contributed by atoms with Crippen LogP contribution in [0.15, 0.2) is 103 Å². The summed E-state index contributed by atoms with van der Waals surface area (Å²) in [5.41, 5.74) is -0.104. The minimum absolute atomic E-state index is 0.00147. The molecular weight excluding hydrogens is 497 g/mol. The van der Waals surface area contributed by atoms with Gasteiger partial charge in [0.25, 0.3) is 11.8 Å². The molecule has 0 aromatic heterocycles. The highest BCUT2D eigenvalue weighted by molar-refractivity contribution is 6.08. The van der Waals surface area contributed by atoms with E-state index in [9.17, 15) is 22.8 Å². The molecule has 0 saturated carbocycles. The maximum atomic E-state index is 13.0. The molecule has 0 aliphatic heterocycles. The van der Waals surface area contributed by atoms with E-state index >= 15 is 0 Å². The lowest BCUT2D eigenvalue weighted by Crippen LogP contribution is -2.17. The fourth-order valence-corrected chi connectivity index (χ4v) is 3.52. The average molecular weight is 521 g/mol. The van der Waals surface area contributed by atoms with E-state index in [2.05, 4.69) is 10.6 Å². The van der Waals surface area contributed by atoms with Gasteiger partial charge in [0.1, 0.15) is 24.7 Å². The number of carbonyl (C=O) groups is 2. The third-order valence-corrected chi connectivity index (χ3v) is 5.31. The van der Waals surface area contributed by atoms with Crippen molar-refractivity contribution in [1.29, 1.82) is 0 Å². The molecule has 0 spiro atoms. The number of nitrogens with one attached hydrogen (secondary N) is 2. The van der Waals surface area contributed by atoms with E-state index in [1.165, 1.54) is 24.3 Å². The molecule has 0 saturated heterocycles. The van der Waals surface area contributed by atoms with Gasteiger partial charge in [-0.3, -0.25) is 9.59 Å². The molecule has 0 atom stereocenters. The molecule has 9 heteroatoms. The summed E-state index contributed by atoms with van der Waals surface area (Å²) < 4.78 is 50.2. The van der Waals surface area contributed by atoms with Crippen LogP contribution in [0.25, 0.3) is 0 Å². The zero-order valence-corrected chi connectivity index (χ0v) is 20.0. The van der Waals surface area contributed by atoms with Crippen LogP contribution in [0.1, 0.15) is 26.3 Å². The fraction of sp³-hybridized carbons (Fsp3) is 0.103. The Morgan fingerprint density at radius 3 is 2.05 bits per heavy atom. The summed E-state index contributed by atoms with van der Waals surface area (Å²) in [4.78, 5) is 25.6. The summed E-state index contributed by atoms with van der Waals surface area (Å²) in [5, 5.41) is 5.17. The first-order valence-electron chi connectivity index (χ1n) is 11.6. The van der Waals surface area contributed by atoms with E-state index in [1.807, 2.05) is 30.3 Å². The largest absolute Gasteiger partial charge is 0.490 e. The first-order valence-corrected chi connectivity index (χ1v) is 11.6. The Morgan fingerprint density at radius 1 is 0.658 bits per heavy atom. The van der Waals surface area contributed by atoms with Crippen molar-refractivity contribution < 1.29 is 32.2 Å². The van der Waals surface area contributed by atoms with E-state index in [0.717, 1.165) is 12.1 Å². The zero-order valence-electron chi connectivity index (χ0n) is 20.0. The number of halogens is 3. The van der Waals surface area contributed by atoms with E-state index in [4.69, 9.17) is 9.47 Å². The lowest BCUT2D eigenvalue weighted by Gasteiger charge is -2.13. The predicted molar refractivity (Wildman–Crippen MR) is 138 cm³/mol. The van der Waals surface area contributed by atoms with Crippen molar-refractivity contribution >= 4 is 23.2 Å². The Labute approximate surface area is 217 Å². The average Bonchev–Trinajstić information content (AvgIpc) is 2.92. The second-order valence-electron chi connectivity index (χ2n) is 8.07. The summed E-state index contributed by atoms with van der Waals surface area (Å²) >= 11 is 0. The van der Waals surface area contributed by atoms with Crippen LogP contribution in [0.4, 0.5) is 24.5 Å². The molecule has 0 fully saturated rings. The number of amides is 2. The Morgan fingerprint density at radius 2 is 1.29 bits per heavy atom. The monoisotopic (exact) mass is 520 g/mol. The molecule has 4 aromatic rings. The molecule has 0 aliphatic carbocycles. The first kappa shape index (κ1) is 26.3. The maximum absolute atomic E-state index is 13.0. The fourth-order valence-electron chi connectivity index (χ4n) is 3.52. The SMILES string of the molecule is O=C(Nc1cccc(C(F)(F)F)c1)c1cccc(NC(=O)c2ccccc2OCCOc2ccccc2)c1. The van der Waals surface area contributed by atoms with Gasteiger partial charge in [-0.15, -0.1) is 0 Å². The molecule has 0 radical (unpaired) electrons. The molecule has 0 bridgehead atoms. The summed E-state index contributed by atoms with van der Waals surface area (Å²) in [6.45, 7) is 0.493. The summed E-state index contributed by atoms with van der Waals surface area (Å²) in [7, 11) is 0. The molecule has 0 unspecified atom stereocenters. The number of rotatable bonds is 9. The number of benzene rings is 4. The van der Waals surface area contributed by atoms with Gasteiger partial charge in [0.15, 0.2) is 0 Å². The van der Waals surface area contributed by atoms with Crippen LogP contribution in [0, 0.1) is 0 Å². The highest BCUT2D eigenvalue weighted by Gasteiger charge is 2.30. The summed E-state index contributed by atoms with van der Waals surface area (Å²) in [5.74, 6) is -0.0122. The predicted octanol–water partition coefficient (Wildman–Crippen LogP) is 6.67. The van der Waals surface area contributed by atoms with E-state index in [1.54, 1.807) is 36.4 Å². The van der Waals surface area contributed by atoms with Crippen LogP contribution in [-0.2, 0) is 6.18 Å². The standard InChI is InChI=1S/C29H23F3N2O4/c30-29(31,32)21-9-7-11-23(19-21)33-27(35)20-8-6-10-22(18-20)34-28(36)25-14-4-5-15-26(25)38-17-16-37-24-12-2-1-3-13-24/h1-15,18-19H,16-17H2,(H,33,35)(H,34,36). The topological polar surface area (TPSA) is 76.7 Å². The second kappa shape index (κ2) is 12.0. The van der Waals surface area contributed by atoms with E-state index in [0.29, 0.717) is 17.2 Å². The van der Waals surface area contributed by atoms with Gasteiger partial charge in [-0.05, 0) is 60.7 Å². The van der Waals surface area contributed by atoms with Crippen LogP contribution in [0.2, 0.25) is 0 Å². The van der Waals surface area contributed by atoms with Crippen LogP contribution < -0.4 is 20.1 Å². The molecule has 4 aromatic carbocycles. The summed E-state index contributed by atoms with van der Waals surface area (Å²) in [6, 6.07) is 26.4. The van der Waals surface area contributed by atoms with Gasteiger partial charge in [-0.2, -0.15) is 13.2 Å². The van der Waals surface area contributed by atoms with E-state index in [-0.39, 0.29) is 30.0 Å². The second-order valence-corrected chi connectivity index (χ2v) is 8.07. The van der Waals surface area contributed by atoms with Crippen molar-refractivity contribution in [3.63, 3.8) is 0 Å². The van der Waals surface area contributed by atoms with Crippen molar-refractivity contribution in [2.75, 3.05) is 23.8 Å². The van der Waals surface area contributed by atoms with Crippen molar-refractivity contribution in [3.8, 4) is 11.5 Å². The number of carbonyl (C=O) groups excluding carboxylic acids is 2. The van der Waals surface area contributed by atoms with Gasteiger partial charge in [-0.25, -0.2) is 0 Å². The molecule has 0 aliphatic rings. The lowest BCUT2D eigenvalue weighted by atomic mass is 10.1. The highest BCUT2D eigenvalue weighted by atomic mass is 19.4. The Kier molecular flexibility index (Phi) is 8.27. The lowest BCUT2D eigenvalue weighted by molar-refractivity contribution is -0.137. The van der Waals surface area contributed by atoms with Crippen LogP contribution in [0.5, 0.6) is 11.5 Å². The van der Waals surface area contributed by atoms with Crippen molar-refractivity contribution in [2.45, 2.75) is 6.18 Å². The van der Waals surface area contributed by atoms with Crippen molar-refractivity contribution in [2.24, 2.45) is 0 Å². The van der Waals surface area contributed by atoms with Crippen LogP contribution in [0.3, 0.4) is 0 Å². The molecule has 4 rings (SSSR count). The van der Waals surface area contributed by atoms with E-state index < -0.39 is 23.6 Å². The summed E-state index contributed by atoms with van der Waals surface area (Å²) in [6.07, 6.45) is -4.53. The molecule has 38 heavy (non-hydrogen) atoms. The van der Waals surface area contributed by atoms with Gasteiger partial charge in [0, 0.05) is 16.9 Å². The van der Waals surface area contributed by atoms with Crippen molar-refractivity contribution in [3.05, 3.63) is 120 Å². The normalized spacial score (nSPS) is 10.9. The smallest absolute Gasteiger partial charge is 0.416 e. The maximum Gasteiger partial charge on any atom is 0.416 e. The molecule has 2 amide bonds. The minimum Gasteiger partial charge on any atom is -0.490 e. The van der Waals surface area contributed by atoms with Crippen molar-refractivity contribution in [1.82, 2.24) is 0 Å². The minimum atomic E-state index is -4.53. The number of para-hydroxylation sites is 2. The molecule has 194 valence electrons. The molecule has 2 N–H and O–H groups in total. The van der Waals surface area contributed by atoms with Gasteiger partial charge in [-0.1, -0.05) is 42.5 Å². The van der Waals surface area contributed by atoms with Gasteiger partial charge >= 0.3 is 6.18 Å². The number of anilines is 2. The molecular formula is C29H23F3N2O4. The molecule has 6 nitrogen and oxygen atoms in total. The number of hydrogen-bond acceptors (Lipinski definition) is 4. The van der Waals surface area contributed by atoms with Gasteiger partial charge < -0.3 is 20.1 Å². The Bertz CT molecular complexity index is 1410. The third-order valence-electron chi connectivity index (χ3n) is 5.31. The van der Waals surface area contributed by atoms with Gasteiger partial charge in [0.05, 0.1) is 11.1 Å². The highest BCUT2D eigenvalue weighted by Crippen LogP contribution is 2.31. The van der Waals surface area contributed by atoms with Crippen LogP contribution in [-0.4, -0.2) is 25.0 Å². The Hall–Kier alpha value is -4.79. The van der Waals surface area contributed by atoms with Crippen LogP contribution >= 0.6 is 0 Å². The molecule has 0 heterocycles. The Balaban J connectivity index is 1.38. The number of hydrogen-bond donors (Lipinski definition) is 2. The third kappa shape index (κ3) is 7.13.